The van der Waals surface area contributed by atoms with Gasteiger partial charge in [0.15, 0.2) is 0 Å². The maximum absolute atomic E-state index is 8.36. The topological polar surface area (TPSA) is 0 Å². The van der Waals surface area contributed by atoms with E-state index in [9.17, 15) is 0 Å². The molecule has 29 heavy (non-hydrogen) atoms. The first-order valence-electron chi connectivity index (χ1n) is 10.3. The Morgan fingerprint density at radius 3 is 1.59 bits per heavy atom. The van der Waals surface area contributed by atoms with Crippen molar-refractivity contribution in [2.24, 2.45) is 0 Å². The first-order valence-corrected chi connectivity index (χ1v) is 28.1. The molecule has 4 heteroatoms. The van der Waals surface area contributed by atoms with Gasteiger partial charge in [0.2, 0.25) is 0 Å². The summed E-state index contributed by atoms with van der Waals surface area (Å²) in [5.41, 5.74) is 5.10. The zero-order chi connectivity index (χ0) is 20.2. The fourth-order valence-corrected chi connectivity index (χ4v) is 41.6. The molecule has 0 N–H and O–H groups in total. The molecule has 146 valence electrons. The van der Waals surface area contributed by atoms with Crippen molar-refractivity contribution in [1.82, 2.24) is 0 Å². The summed E-state index contributed by atoms with van der Waals surface area (Å²) in [4.78, 5) is 0. The SMILES string of the molecule is C[SiH2][Zr]([Cl])([Cl])([c]1ccccc1)([CH]1C=Cc2ccccc21)[CH]1C=Cc2ccccc21. The molecule has 0 amide bonds. The van der Waals surface area contributed by atoms with Gasteiger partial charge in [0.1, 0.15) is 0 Å². The zero-order valence-corrected chi connectivity index (χ0v) is 21.8. The van der Waals surface area contributed by atoms with Crippen molar-refractivity contribution in [1.29, 1.82) is 0 Å². The van der Waals surface area contributed by atoms with Crippen molar-refractivity contribution in [3.8, 4) is 0 Å². The van der Waals surface area contributed by atoms with E-state index < -0.39 is 20.7 Å². The van der Waals surface area contributed by atoms with Gasteiger partial charge >= 0.3 is 180 Å². The van der Waals surface area contributed by atoms with Crippen LogP contribution in [0.15, 0.2) is 91.0 Å². The van der Waals surface area contributed by atoms with Crippen LogP contribution in [0, 0.1) is 0 Å². The van der Waals surface area contributed by atoms with Gasteiger partial charge in [0.05, 0.1) is 0 Å². The van der Waals surface area contributed by atoms with Crippen LogP contribution in [0.3, 0.4) is 0 Å². The van der Waals surface area contributed by atoms with Crippen LogP contribution in [0.25, 0.3) is 12.2 Å². The van der Waals surface area contributed by atoms with E-state index >= 15 is 0 Å². The van der Waals surface area contributed by atoms with Gasteiger partial charge in [0, 0.05) is 0 Å². The predicted molar refractivity (Wildman–Crippen MR) is 129 cm³/mol. The molecule has 0 nitrogen and oxygen atoms in total. The molecule has 2 unspecified atom stereocenters. The molecule has 0 fully saturated rings. The quantitative estimate of drug-likeness (QED) is 0.348. The number of hydrogen-bond acceptors (Lipinski definition) is 0. The number of fused-ring (bicyclic) bond motifs is 2. The van der Waals surface area contributed by atoms with Gasteiger partial charge in [-0.15, -0.1) is 0 Å². The zero-order valence-electron chi connectivity index (χ0n) is 16.4. The van der Waals surface area contributed by atoms with E-state index in [0.717, 1.165) is 0 Å². The molecule has 3 aromatic rings. The standard InChI is InChI=1S/2C9H7.C6H5.CH5Si.2ClH.Zr/c2*1-2-5-9-7-3-6-8(9)4-1;1-2-4-6-5-3-1;1-2;;;/h2*1-7H;1-5H;2H2,1H3;2*1H;/q;;;;;;+2/p-2. The van der Waals surface area contributed by atoms with Crippen LogP contribution in [0.4, 0.5) is 0 Å². The molecule has 0 saturated heterocycles. The van der Waals surface area contributed by atoms with E-state index in [-0.39, 0.29) is 7.25 Å². The molecule has 2 aliphatic rings. The Bertz CT molecular complexity index is 1110. The van der Waals surface area contributed by atoms with Crippen LogP contribution >= 0.6 is 17.0 Å². The molecule has 2 atom stereocenters. The van der Waals surface area contributed by atoms with Gasteiger partial charge < -0.3 is 0 Å². The normalized spacial score (nSPS) is 22.4. The van der Waals surface area contributed by atoms with E-state index in [0.29, 0.717) is 0 Å². The summed E-state index contributed by atoms with van der Waals surface area (Å²) in [5.74, 6) is 0. The van der Waals surface area contributed by atoms with Crippen molar-refractivity contribution in [3.63, 3.8) is 0 Å². The Morgan fingerprint density at radius 2 is 1.10 bits per heavy atom. The molecule has 3 aromatic carbocycles. The fraction of sp³-hybridized carbons (Fsp3) is 0.120. The molecule has 0 aliphatic heterocycles. The Kier molecular flexibility index (Phi) is 4.37. The van der Waals surface area contributed by atoms with Crippen LogP contribution in [0.5, 0.6) is 0 Å². The van der Waals surface area contributed by atoms with Crippen molar-refractivity contribution in [3.05, 3.63) is 113 Å². The van der Waals surface area contributed by atoms with E-state index in [4.69, 9.17) is 17.0 Å². The molecule has 0 heterocycles. The monoisotopic (exact) mass is 512 g/mol. The summed E-state index contributed by atoms with van der Waals surface area (Å²) >= 11 is -5.22. The minimum atomic E-state index is -5.22. The van der Waals surface area contributed by atoms with Gasteiger partial charge in [-0.2, -0.15) is 0 Å². The van der Waals surface area contributed by atoms with E-state index in [1.165, 1.54) is 25.5 Å². The van der Waals surface area contributed by atoms with Gasteiger partial charge in [0.25, 0.3) is 0 Å². The molecule has 2 aliphatic carbocycles. The summed E-state index contributed by atoms with van der Waals surface area (Å²) in [6, 6.07) is 27.9. The third-order valence-corrected chi connectivity index (χ3v) is 61.9. The number of hydrogen-bond donors (Lipinski definition) is 0. The van der Waals surface area contributed by atoms with Crippen molar-refractivity contribution < 1.29 is 14.1 Å². The average molecular weight is 515 g/mol. The Morgan fingerprint density at radius 1 is 0.655 bits per heavy atom. The van der Waals surface area contributed by atoms with Gasteiger partial charge in [-0.25, -0.2) is 0 Å². The molecule has 0 aromatic heterocycles. The average Bonchev–Trinajstić information content (AvgIpc) is 3.41. The van der Waals surface area contributed by atoms with Gasteiger partial charge in [-0.1, -0.05) is 0 Å². The Labute approximate surface area is 179 Å². The van der Waals surface area contributed by atoms with Crippen molar-refractivity contribution >= 4 is 39.1 Å². The summed E-state index contributed by atoms with van der Waals surface area (Å²) in [7, 11) is 16.7. The number of rotatable bonds is 4. The molecule has 0 radical (unpaired) electrons. The van der Waals surface area contributed by atoms with Gasteiger partial charge in [-0.3, -0.25) is 0 Å². The third-order valence-electron chi connectivity index (χ3n) is 7.56. The first-order chi connectivity index (χ1) is 13.9. The van der Waals surface area contributed by atoms with Crippen molar-refractivity contribution in [2.75, 3.05) is 0 Å². The summed E-state index contributed by atoms with van der Waals surface area (Å²) in [6.45, 7) is 1.46. The number of allylic oxidation sites excluding steroid dienone is 2. The predicted octanol–water partition coefficient (Wildman–Crippen LogP) is 6.51. The van der Waals surface area contributed by atoms with Crippen LogP contribution in [0.1, 0.15) is 29.5 Å². The van der Waals surface area contributed by atoms with E-state index in [1.54, 1.807) is 0 Å². The first kappa shape index (κ1) is 19.8. The fourth-order valence-electron chi connectivity index (χ4n) is 5.85. The molecule has 0 bridgehead atoms. The summed E-state index contributed by atoms with van der Waals surface area (Å²) in [6.07, 6.45) is 9.10. The van der Waals surface area contributed by atoms with Crippen LogP contribution in [-0.2, 0) is 14.1 Å². The van der Waals surface area contributed by atoms with E-state index in [1.807, 2.05) is 0 Å². The van der Waals surface area contributed by atoms with Crippen molar-refractivity contribution in [2.45, 2.75) is 13.8 Å². The second-order valence-corrected chi connectivity index (χ2v) is 59.3. The van der Waals surface area contributed by atoms with Gasteiger partial charge in [-0.05, 0) is 0 Å². The van der Waals surface area contributed by atoms with E-state index in [2.05, 4.69) is 110 Å². The molecule has 0 spiro atoms. The number of benzene rings is 3. The third kappa shape index (κ3) is 2.47. The Balaban J connectivity index is 1.90. The molecule has 5 rings (SSSR count). The second kappa shape index (κ2) is 6.41. The summed E-state index contributed by atoms with van der Waals surface area (Å²) in [5, 5.41) is 0. The molecular formula is C25H24Cl2SiZr. The van der Waals surface area contributed by atoms with Crippen LogP contribution in [-0.4, -0.2) is 6.65 Å². The second-order valence-electron chi connectivity index (χ2n) is 8.66. The summed E-state index contributed by atoms with van der Waals surface area (Å²) < 4.78 is 1.33. The Hall–Kier alpha value is -1.18. The molecule has 0 saturated carbocycles. The minimum absolute atomic E-state index is 0.0654. The molecular weight excluding hydrogens is 490 g/mol. The maximum atomic E-state index is 8.36. The van der Waals surface area contributed by atoms with Crippen LogP contribution < -0.4 is 3.27 Å². The number of halogens is 2. The van der Waals surface area contributed by atoms with Crippen LogP contribution in [0.2, 0.25) is 6.55 Å².